The second kappa shape index (κ2) is 8.16. The Balaban J connectivity index is 1.52. The Morgan fingerprint density at radius 2 is 1.87 bits per heavy atom. The van der Waals surface area contributed by atoms with Crippen molar-refractivity contribution in [2.45, 2.75) is 26.1 Å². The molecule has 9 heteroatoms. The Kier molecular flexibility index (Phi) is 5.25. The average Bonchev–Trinajstić information content (AvgIpc) is 3.15. The Morgan fingerprint density at radius 1 is 1.13 bits per heavy atom. The van der Waals surface area contributed by atoms with E-state index in [0.717, 1.165) is 21.1 Å². The van der Waals surface area contributed by atoms with Crippen LogP contribution in [0.15, 0.2) is 59.5 Å². The molecule has 1 atom stereocenters. The average molecular weight is 405 g/mol. The topological polar surface area (TPSA) is 119 Å². The molecule has 9 nitrogen and oxygen atoms in total. The molecule has 0 fully saturated rings. The van der Waals surface area contributed by atoms with Crippen LogP contribution in [0.2, 0.25) is 0 Å². The molecule has 0 spiro atoms. The van der Waals surface area contributed by atoms with Crippen molar-refractivity contribution in [3.63, 3.8) is 0 Å². The smallest absolute Gasteiger partial charge is 0.330 e. The zero-order chi connectivity index (χ0) is 21.1. The van der Waals surface area contributed by atoms with Crippen molar-refractivity contribution < 1.29 is 14.3 Å². The van der Waals surface area contributed by atoms with Crippen molar-refractivity contribution in [2.75, 3.05) is 0 Å². The maximum atomic E-state index is 12.7. The summed E-state index contributed by atoms with van der Waals surface area (Å²) in [6.45, 7) is 0.925. The number of fused-ring (bicyclic) bond motifs is 2. The quantitative estimate of drug-likeness (QED) is 0.470. The number of carbonyl (C=O) groups is 2. The number of benzene rings is 2. The molecule has 152 valence electrons. The number of aromatic nitrogens is 4. The highest BCUT2D eigenvalue weighted by atomic mass is 16.5. The van der Waals surface area contributed by atoms with Gasteiger partial charge in [0.15, 0.2) is 6.73 Å². The van der Waals surface area contributed by atoms with Crippen molar-refractivity contribution in [1.29, 1.82) is 0 Å². The summed E-state index contributed by atoms with van der Waals surface area (Å²) >= 11 is 0. The molecule has 2 N–H and O–H groups in total. The van der Waals surface area contributed by atoms with Crippen LogP contribution >= 0.6 is 0 Å². The van der Waals surface area contributed by atoms with Gasteiger partial charge in [0.25, 0.3) is 5.56 Å². The predicted octanol–water partition coefficient (Wildman–Crippen LogP) is 1.52. The monoisotopic (exact) mass is 405 g/mol. The molecule has 2 aromatic heterocycles. The summed E-state index contributed by atoms with van der Waals surface area (Å²) in [5, 5.41) is 11.7. The second-order valence-electron chi connectivity index (χ2n) is 6.82. The van der Waals surface area contributed by atoms with Gasteiger partial charge in [0.1, 0.15) is 11.6 Å². The van der Waals surface area contributed by atoms with Gasteiger partial charge in [-0.15, -0.1) is 5.10 Å². The Morgan fingerprint density at radius 3 is 2.67 bits per heavy atom. The van der Waals surface area contributed by atoms with E-state index >= 15 is 0 Å². The van der Waals surface area contributed by atoms with E-state index in [1.165, 1.54) is 6.92 Å². The van der Waals surface area contributed by atoms with Gasteiger partial charge >= 0.3 is 5.97 Å². The summed E-state index contributed by atoms with van der Waals surface area (Å²) in [6, 6.07) is 13.5. The number of carbonyl (C=O) groups excluding carboxylic acids is 2. The summed E-state index contributed by atoms with van der Waals surface area (Å²) < 4.78 is 6.25. The number of amides is 1. The van der Waals surface area contributed by atoms with Crippen LogP contribution in [0.25, 0.3) is 21.8 Å². The lowest BCUT2D eigenvalue weighted by Gasteiger charge is -2.16. The fourth-order valence-electron chi connectivity index (χ4n) is 3.29. The van der Waals surface area contributed by atoms with Crippen LogP contribution < -0.4 is 10.9 Å². The molecule has 0 radical (unpaired) electrons. The molecule has 0 aliphatic carbocycles. The second-order valence-corrected chi connectivity index (χ2v) is 6.82. The molecular formula is C21H19N5O4. The number of nitrogens with zero attached hydrogens (tertiary/aromatic N) is 3. The Bertz CT molecular complexity index is 1290. The molecule has 0 saturated heterocycles. The highest BCUT2D eigenvalue weighted by molar-refractivity contribution is 5.86. The van der Waals surface area contributed by atoms with E-state index in [2.05, 4.69) is 20.6 Å². The van der Waals surface area contributed by atoms with Crippen LogP contribution in [0, 0.1) is 0 Å². The summed E-state index contributed by atoms with van der Waals surface area (Å²) in [5.41, 5.74) is 1.84. The largest absolute Gasteiger partial charge is 0.441 e. The molecular weight excluding hydrogens is 386 g/mol. The number of H-pyrrole nitrogens is 1. The minimum absolute atomic E-state index is 0.237. The maximum absolute atomic E-state index is 12.7. The normalized spacial score (nSPS) is 12.0. The van der Waals surface area contributed by atoms with Gasteiger partial charge in [-0.25, -0.2) is 4.79 Å². The minimum atomic E-state index is -0.911. The van der Waals surface area contributed by atoms with Crippen molar-refractivity contribution in [3.8, 4) is 0 Å². The molecule has 0 aliphatic rings. The molecule has 0 unspecified atom stereocenters. The zero-order valence-electron chi connectivity index (χ0n) is 16.2. The highest BCUT2D eigenvalue weighted by Crippen LogP contribution is 2.19. The van der Waals surface area contributed by atoms with Gasteiger partial charge in [-0.3, -0.25) is 9.59 Å². The first-order valence-corrected chi connectivity index (χ1v) is 9.34. The van der Waals surface area contributed by atoms with Crippen LogP contribution in [0.4, 0.5) is 0 Å². The first-order chi connectivity index (χ1) is 14.5. The lowest BCUT2D eigenvalue weighted by Crippen LogP contribution is -2.43. The molecule has 2 heterocycles. The number of rotatable bonds is 6. The van der Waals surface area contributed by atoms with E-state index in [4.69, 9.17) is 4.74 Å². The van der Waals surface area contributed by atoms with Crippen LogP contribution in [0.3, 0.4) is 0 Å². The van der Waals surface area contributed by atoms with Crippen LogP contribution in [0.5, 0.6) is 0 Å². The summed E-state index contributed by atoms with van der Waals surface area (Å²) in [7, 11) is 0. The fourth-order valence-corrected chi connectivity index (χ4v) is 3.29. The number of para-hydroxylation sites is 1. The molecule has 0 bridgehead atoms. The van der Waals surface area contributed by atoms with Gasteiger partial charge in [0, 0.05) is 30.4 Å². The number of hydrogen-bond acceptors (Lipinski definition) is 6. The zero-order valence-corrected chi connectivity index (χ0v) is 16.2. The van der Waals surface area contributed by atoms with Gasteiger partial charge in [0.05, 0.1) is 5.39 Å². The lowest BCUT2D eigenvalue weighted by molar-refractivity contribution is -0.152. The standard InChI is InChI=1S/C21H19N5O4/c1-13(27)23-19(10-14-11-22-17-8-4-2-6-15(14)17)21(29)30-12-26-20(28)16-7-3-5-9-18(16)24-25-26/h2-9,11,19,22H,10,12H2,1H3,(H,23,27)/t19-/m0/s1. The third kappa shape index (κ3) is 3.90. The molecule has 0 aliphatic heterocycles. The highest BCUT2D eigenvalue weighted by Gasteiger charge is 2.23. The fraction of sp³-hybridized carbons (Fsp3) is 0.190. The van der Waals surface area contributed by atoms with Crippen LogP contribution in [-0.4, -0.2) is 37.9 Å². The van der Waals surface area contributed by atoms with Crippen LogP contribution in [0.1, 0.15) is 12.5 Å². The molecule has 4 rings (SSSR count). The van der Waals surface area contributed by atoms with E-state index in [1.807, 2.05) is 24.3 Å². The minimum Gasteiger partial charge on any atom is -0.441 e. The third-order valence-corrected chi connectivity index (χ3v) is 4.72. The maximum Gasteiger partial charge on any atom is 0.330 e. The lowest BCUT2D eigenvalue weighted by atomic mass is 10.0. The Hall–Kier alpha value is -4.01. The number of nitrogens with one attached hydrogen (secondary N) is 2. The SMILES string of the molecule is CC(=O)N[C@@H](Cc1c[nH]c2ccccc12)C(=O)OCn1nnc2ccccc2c1=O. The predicted molar refractivity (Wildman–Crippen MR) is 109 cm³/mol. The first-order valence-electron chi connectivity index (χ1n) is 9.34. The number of ether oxygens (including phenoxy) is 1. The molecule has 0 saturated carbocycles. The molecule has 30 heavy (non-hydrogen) atoms. The summed E-state index contributed by atoms with van der Waals surface area (Å²) in [4.78, 5) is 39.9. The Labute approximate surface area is 170 Å². The van der Waals surface area contributed by atoms with E-state index in [-0.39, 0.29) is 12.3 Å². The number of esters is 1. The van der Waals surface area contributed by atoms with Gasteiger partial charge in [-0.1, -0.05) is 35.5 Å². The van der Waals surface area contributed by atoms with E-state index in [0.29, 0.717) is 10.9 Å². The van der Waals surface area contributed by atoms with Gasteiger partial charge < -0.3 is 15.0 Å². The number of aromatic amines is 1. The van der Waals surface area contributed by atoms with E-state index in [9.17, 15) is 14.4 Å². The molecule has 1 amide bonds. The van der Waals surface area contributed by atoms with E-state index in [1.54, 1.807) is 30.5 Å². The summed E-state index contributed by atoms with van der Waals surface area (Å²) in [5.74, 6) is -1.03. The van der Waals surface area contributed by atoms with Crippen molar-refractivity contribution in [1.82, 2.24) is 25.3 Å². The van der Waals surface area contributed by atoms with Crippen molar-refractivity contribution in [3.05, 3.63) is 70.6 Å². The molecule has 2 aromatic carbocycles. The van der Waals surface area contributed by atoms with Gasteiger partial charge in [-0.05, 0) is 23.8 Å². The van der Waals surface area contributed by atoms with Crippen molar-refractivity contribution >= 4 is 33.7 Å². The van der Waals surface area contributed by atoms with Crippen molar-refractivity contribution in [2.24, 2.45) is 0 Å². The number of hydrogen-bond donors (Lipinski definition) is 2. The molecule has 4 aromatic rings. The van der Waals surface area contributed by atoms with E-state index < -0.39 is 24.3 Å². The summed E-state index contributed by atoms with van der Waals surface area (Å²) in [6.07, 6.45) is 2.03. The van der Waals surface area contributed by atoms with Gasteiger partial charge in [-0.2, -0.15) is 4.68 Å². The third-order valence-electron chi connectivity index (χ3n) is 4.72. The van der Waals surface area contributed by atoms with Gasteiger partial charge in [0.2, 0.25) is 5.91 Å². The first kappa shape index (κ1) is 19.3. The van der Waals surface area contributed by atoms with Crippen LogP contribution in [-0.2, 0) is 27.5 Å².